The Morgan fingerprint density at radius 1 is 1.20 bits per heavy atom. The van der Waals surface area contributed by atoms with Crippen LogP contribution in [0.5, 0.6) is 0 Å². The maximum absolute atomic E-state index is 13.1. The minimum atomic E-state index is -4.87. The third-order valence-corrected chi connectivity index (χ3v) is 5.93. The lowest BCUT2D eigenvalue weighted by atomic mass is 10.2. The quantitative estimate of drug-likeness (QED) is 0.438. The fourth-order valence-electron chi connectivity index (χ4n) is 3.18. The number of rotatable bonds is 6. The first-order chi connectivity index (χ1) is 16.4. The Bertz CT molecular complexity index is 1110. The third-order valence-electron chi connectivity index (χ3n) is 4.83. The molecule has 16 heteroatoms. The summed E-state index contributed by atoms with van der Waals surface area (Å²) >= 11 is 0.534. The van der Waals surface area contributed by atoms with E-state index in [-0.39, 0.29) is 37.9 Å². The van der Waals surface area contributed by atoms with Crippen LogP contribution in [0.1, 0.15) is 17.4 Å². The molecule has 0 aliphatic carbocycles. The van der Waals surface area contributed by atoms with Crippen molar-refractivity contribution in [3.63, 3.8) is 0 Å². The summed E-state index contributed by atoms with van der Waals surface area (Å²) < 4.78 is 82.6. The summed E-state index contributed by atoms with van der Waals surface area (Å²) in [6.07, 6.45) is -5.46. The molecule has 0 spiro atoms. The number of nitrogens with zero attached hydrogens (tertiary/aromatic N) is 4. The van der Waals surface area contributed by atoms with Crippen molar-refractivity contribution < 1.29 is 35.9 Å². The number of ether oxygens (including phenoxy) is 1. The second-order valence-electron chi connectivity index (χ2n) is 7.40. The van der Waals surface area contributed by atoms with Gasteiger partial charge in [0, 0.05) is 32.2 Å². The predicted octanol–water partition coefficient (Wildman–Crippen LogP) is 3.58. The van der Waals surface area contributed by atoms with E-state index in [2.05, 4.69) is 15.4 Å². The number of alkyl halides is 6. The lowest BCUT2D eigenvalue weighted by Gasteiger charge is -2.33. The average Bonchev–Trinajstić information content (AvgIpc) is 3.27. The highest BCUT2D eigenvalue weighted by atomic mass is 32.1. The van der Waals surface area contributed by atoms with Crippen LogP contribution in [0.4, 0.5) is 42.0 Å². The molecule has 2 aromatic heterocycles. The number of anilines is 2. The maximum Gasteiger partial charge on any atom is 0.427 e. The molecule has 0 radical (unpaired) electrons. The standard InChI is InChI=1S/C19H20F6N6O3S/c1-11(28-12-9-27-29-15(32)14(12)19(23,24)25)3-2-8-34-17(33)31-6-4-30(5-7-31)16-26-10-13(35-16)18(20,21)22/h2-3,9-11H,4-8H2,1H3,(H2,28,29,32)/b3-2+/t11-/m1/s1. The lowest BCUT2D eigenvalue weighted by molar-refractivity contribution is -0.138. The van der Waals surface area contributed by atoms with Crippen LogP contribution < -0.4 is 15.8 Å². The summed E-state index contributed by atoms with van der Waals surface area (Å²) in [6, 6.07) is -0.651. The number of H-pyrrole nitrogens is 1. The van der Waals surface area contributed by atoms with Crippen LogP contribution in [0, 0.1) is 0 Å². The molecule has 9 nitrogen and oxygen atoms in total. The van der Waals surface area contributed by atoms with Crippen molar-refractivity contribution in [2.24, 2.45) is 0 Å². The summed E-state index contributed by atoms with van der Waals surface area (Å²) in [5.41, 5.74) is -3.26. The molecule has 2 aromatic rings. The van der Waals surface area contributed by atoms with E-state index in [1.165, 1.54) is 24.0 Å². The van der Waals surface area contributed by atoms with Crippen molar-refractivity contribution in [3.8, 4) is 0 Å². The number of carbonyl (C=O) groups is 1. The van der Waals surface area contributed by atoms with E-state index in [1.54, 1.807) is 10.00 Å². The summed E-state index contributed by atoms with van der Waals surface area (Å²) in [5, 5.41) is 7.84. The molecule has 1 amide bonds. The first-order valence-electron chi connectivity index (χ1n) is 10.1. The molecule has 0 unspecified atom stereocenters. The van der Waals surface area contributed by atoms with Crippen LogP contribution in [-0.2, 0) is 17.1 Å². The van der Waals surface area contributed by atoms with E-state index in [0.29, 0.717) is 11.3 Å². The van der Waals surface area contributed by atoms with E-state index < -0.39 is 46.2 Å². The summed E-state index contributed by atoms with van der Waals surface area (Å²) in [4.78, 5) is 29.7. The molecule has 3 rings (SSSR count). The van der Waals surface area contributed by atoms with Crippen LogP contribution in [0.25, 0.3) is 0 Å². The van der Waals surface area contributed by atoms with Gasteiger partial charge in [-0.1, -0.05) is 17.4 Å². The van der Waals surface area contributed by atoms with Crippen LogP contribution in [0.2, 0.25) is 0 Å². The number of aromatic nitrogens is 3. The Morgan fingerprint density at radius 3 is 2.49 bits per heavy atom. The van der Waals surface area contributed by atoms with Gasteiger partial charge in [0.2, 0.25) is 0 Å². The Kier molecular flexibility index (Phi) is 7.92. The first-order valence-corrected chi connectivity index (χ1v) is 11.0. The minimum absolute atomic E-state index is 0.160. The van der Waals surface area contributed by atoms with Gasteiger partial charge in [-0.05, 0) is 13.0 Å². The number of nitrogens with one attached hydrogen (secondary N) is 2. The molecular formula is C19H20F6N6O3S. The highest BCUT2D eigenvalue weighted by molar-refractivity contribution is 7.15. The maximum atomic E-state index is 13.1. The zero-order valence-corrected chi connectivity index (χ0v) is 18.9. The van der Waals surface area contributed by atoms with E-state index >= 15 is 0 Å². The fraction of sp³-hybridized carbons (Fsp3) is 0.474. The molecule has 1 fully saturated rings. The highest BCUT2D eigenvalue weighted by Gasteiger charge is 2.37. The van der Waals surface area contributed by atoms with Crippen molar-refractivity contribution in [3.05, 3.63) is 45.3 Å². The first kappa shape index (κ1) is 26.3. The van der Waals surface area contributed by atoms with E-state index in [9.17, 15) is 35.9 Å². The largest absolute Gasteiger partial charge is 0.445 e. The average molecular weight is 526 g/mol. The van der Waals surface area contributed by atoms with Gasteiger partial charge in [0.05, 0.1) is 18.1 Å². The second-order valence-corrected chi connectivity index (χ2v) is 8.41. The van der Waals surface area contributed by atoms with Crippen LogP contribution in [-0.4, -0.2) is 65.0 Å². The van der Waals surface area contributed by atoms with Crippen LogP contribution >= 0.6 is 11.3 Å². The molecule has 0 aromatic carbocycles. The summed E-state index contributed by atoms with van der Waals surface area (Å²) in [6.45, 7) is 2.37. The molecule has 35 heavy (non-hydrogen) atoms. The second kappa shape index (κ2) is 10.5. The SMILES string of the molecule is C[C@H](/C=C/COC(=O)N1CCN(c2ncc(C(F)(F)F)s2)CC1)Nc1cn[nH]c(=O)c1C(F)(F)F. The molecule has 192 valence electrons. The molecule has 2 N–H and O–H groups in total. The van der Waals surface area contributed by atoms with E-state index in [1.807, 2.05) is 0 Å². The zero-order valence-electron chi connectivity index (χ0n) is 18.1. The topological polar surface area (TPSA) is 103 Å². The Balaban J connectivity index is 1.45. The number of piperazine rings is 1. The molecule has 1 atom stereocenters. The van der Waals surface area contributed by atoms with Crippen molar-refractivity contribution in [1.29, 1.82) is 0 Å². The lowest BCUT2D eigenvalue weighted by Crippen LogP contribution is -2.49. The van der Waals surface area contributed by atoms with Gasteiger partial charge in [-0.15, -0.1) is 0 Å². The number of amides is 1. The Labute approximate surface area is 198 Å². The number of halogens is 6. The predicted molar refractivity (Wildman–Crippen MR) is 114 cm³/mol. The monoisotopic (exact) mass is 526 g/mol. The van der Waals surface area contributed by atoms with E-state index in [4.69, 9.17) is 4.74 Å². The van der Waals surface area contributed by atoms with Crippen molar-refractivity contribution in [1.82, 2.24) is 20.1 Å². The van der Waals surface area contributed by atoms with Gasteiger partial charge in [-0.25, -0.2) is 14.9 Å². The molecule has 0 saturated carbocycles. The van der Waals surface area contributed by atoms with Gasteiger partial charge >= 0.3 is 18.4 Å². The van der Waals surface area contributed by atoms with Crippen molar-refractivity contribution in [2.45, 2.75) is 25.3 Å². The van der Waals surface area contributed by atoms with Crippen LogP contribution in [0.15, 0.2) is 29.3 Å². The summed E-state index contributed by atoms with van der Waals surface area (Å²) in [7, 11) is 0. The van der Waals surface area contributed by atoms with Gasteiger partial charge in [-0.2, -0.15) is 31.4 Å². The molecule has 1 aliphatic heterocycles. The summed E-state index contributed by atoms with van der Waals surface area (Å²) in [5.74, 6) is 0. The highest BCUT2D eigenvalue weighted by Crippen LogP contribution is 2.36. The van der Waals surface area contributed by atoms with Gasteiger partial charge in [0.25, 0.3) is 5.56 Å². The van der Waals surface area contributed by atoms with Gasteiger partial charge in [0.15, 0.2) is 5.13 Å². The fourth-order valence-corrected chi connectivity index (χ4v) is 4.01. The number of aromatic amines is 1. The molecule has 1 aliphatic rings. The van der Waals surface area contributed by atoms with E-state index in [0.717, 1.165) is 12.4 Å². The Morgan fingerprint density at radius 2 is 1.89 bits per heavy atom. The molecular weight excluding hydrogens is 506 g/mol. The minimum Gasteiger partial charge on any atom is -0.445 e. The zero-order chi connectivity index (χ0) is 25.8. The van der Waals surface area contributed by atoms with Gasteiger partial charge in [-0.3, -0.25) is 4.79 Å². The number of carbonyl (C=O) groups excluding carboxylic acids is 1. The van der Waals surface area contributed by atoms with Gasteiger partial charge in [0.1, 0.15) is 17.0 Å². The van der Waals surface area contributed by atoms with Gasteiger partial charge < -0.3 is 19.9 Å². The number of hydrogen-bond donors (Lipinski definition) is 2. The normalized spacial score (nSPS) is 16.0. The Hall–Kier alpha value is -3.30. The molecule has 1 saturated heterocycles. The third kappa shape index (κ3) is 6.86. The van der Waals surface area contributed by atoms with Crippen molar-refractivity contribution in [2.75, 3.05) is 43.0 Å². The van der Waals surface area contributed by atoms with Crippen molar-refractivity contribution >= 4 is 28.2 Å². The van der Waals surface area contributed by atoms with Crippen LogP contribution in [0.3, 0.4) is 0 Å². The molecule has 0 bridgehead atoms. The smallest absolute Gasteiger partial charge is 0.427 e. The number of thiazole rings is 1. The molecule has 3 heterocycles. The number of hydrogen-bond acceptors (Lipinski definition) is 8.